The SMILES string of the molecule is CCC(CCl)(CCl)NC(=O)C1CCSC1. The molecule has 0 aromatic carbocycles. The summed E-state index contributed by atoms with van der Waals surface area (Å²) >= 11 is 13.6. The van der Waals surface area contributed by atoms with E-state index in [1.54, 1.807) is 0 Å². The summed E-state index contributed by atoms with van der Waals surface area (Å²) in [4.78, 5) is 11.9. The van der Waals surface area contributed by atoms with Crippen molar-refractivity contribution in [2.24, 2.45) is 5.92 Å². The number of nitrogens with one attached hydrogen (secondary N) is 1. The molecule has 88 valence electrons. The van der Waals surface area contributed by atoms with Crippen molar-refractivity contribution >= 4 is 40.9 Å². The van der Waals surface area contributed by atoms with Gasteiger partial charge in [0.25, 0.3) is 0 Å². The van der Waals surface area contributed by atoms with Crippen molar-refractivity contribution in [3.8, 4) is 0 Å². The van der Waals surface area contributed by atoms with E-state index in [-0.39, 0.29) is 11.8 Å². The van der Waals surface area contributed by atoms with Crippen LogP contribution < -0.4 is 5.32 Å². The molecule has 1 amide bonds. The fourth-order valence-electron chi connectivity index (χ4n) is 1.48. The molecule has 1 unspecified atom stereocenters. The van der Waals surface area contributed by atoms with Crippen LogP contribution >= 0.6 is 35.0 Å². The molecule has 5 heteroatoms. The van der Waals surface area contributed by atoms with E-state index < -0.39 is 5.54 Å². The van der Waals surface area contributed by atoms with E-state index in [0.29, 0.717) is 11.8 Å². The van der Waals surface area contributed by atoms with Gasteiger partial charge in [0, 0.05) is 23.4 Å². The van der Waals surface area contributed by atoms with Crippen LogP contribution in [0.4, 0.5) is 0 Å². The Morgan fingerprint density at radius 3 is 2.60 bits per heavy atom. The molecule has 0 aromatic rings. The minimum atomic E-state index is -0.423. The Morgan fingerprint density at radius 1 is 1.53 bits per heavy atom. The fraction of sp³-hybridized carbons (Fsp3) is 0.900. The summed E-state index contributed by atoms with van der Waals surface area (Å²) in [6.45, 7) is 1.99. The maximum Gasteiger partial charge on any atom is 0.224 e. The van der Waals surface area contributed by atoms with Crippen LogP contribution in [0.15, 0.2) is 0 Å². The maximum atomic E-state index is 11.9. The van der Waals surface area contributed by atoms with Gasteiger partial charge in [-0.15, -0.1) is 23.2 Å². The van der Waals surface area contributed by atoms with Crippen LogP contribution in [0.25, 0.3) is 0 Å². The van der Waals surface area contributed by atoms with Crippen LogP contribution in [0.5, 0.6) is 0 Å². The monoisotopic (exact) mass is 269 g/mol. The van der Waals surface area contributed by atoms with Gasteiger partial charge < -0.3 is 5.32 Å². The van der Waals surface area contributed by atoms with Crippen molar-refractivity contribution < 1.29 is 4.79 Å². The Hall–Kier alpha value is 0.400. The van der Waals surface area contributed by atoms with E-state index >= 15 is 0 Å². The molecule has 1 N–H and O–H groups in total. The standard InChI is InChI=1S/C10H17Cl2NOS/c1-2-10(6-11,7-12)13-9(14)8-3-4-15-5-8/h8H,2-7H2,1H3,(H,13,14). The lowest BCUT2D eigenvalue weighted by Gasteiger charge is -2.30. The second-order valence-corrected chi connectivity index (χ2v) is 5.64. The molecule has 1 saturated heterocycles. The molecule has 1 aliphatic heterocycles. The number of carbonyl (C=O) groups excluding carboxylic acids is 1. The Morgan fingerprint density at radius 2 is 2.20 bits per heavy atom. The van der Waals surface area contributed by atoms with Gasteiger partial charge in [-0.05, 0) is 18.6 Å². The molecule has 1 fully saturated rings. The summed E-state index contributed by atoms with van der Waals surface area (Å²) in [6, 6.07) is 0. The lowest BCUT2D eigenvalue weighted by Crippen LogP contribution is -2.53. The molecule has 1 rings (SSSR count). The van der Waals surface area contributed by atoms with Gasteiger partial charge in [-0.1, -0.05) is 6.92 Å². The number of carbonyl (C=O) groups is 1. The summed E-state index contributed by atoms with van der Waals surface area (Å²) < 4.78 is 0. The second-order valence-electron chi connectivity index (χ2n) is 3.95. The average Bonchev–Trinajstić information content (AvgIpc) is 2.79. The molecular weight excluding hydrogens is 253 g/mol. The molecule has 0 radical (unpaired) electrons. The summed E-state index contributed by atoms with van der Waals surface area (Å²) in [7, 11) is 0. The second kappa shape index (κ2) is 6.21. The van der Waals surface area contributed by atoms with Crippen molar-refractivity contribution in [1.29, 1.82) is 0 Å². The molecule has 0 bridgehead atoms. The van der Waals surface area contributed by atoms with Crippen molar-refractivity contribution in [2.75, 3.05) is 23.3 Å². The molecule has 0 spiro atoms. The minimum Gasteiger partial charge on any atom is -0.348 e. The quantitative estimate of drug-likeness (QED) is 0.778. The minimum absolute atomic E-state index is 0.114. The van der Waals surface area contributed by atoms with E-state index in [2.05, 4.69) is 5.32 Å². The van der Waals surface area contributed by atoms with Crippen molar-refractivity contribution in [2.45, 2.75) is 25.3 Å². The molecule has 1 atom stereocenters. The lowest BCUT2D eigenvalue weighted by atomic mass is 9.99. The van der Waals surface area contributed by atoms with Crippen molar-refractivity contribution in [1.82, 2.24) is 5.32 Å². The number of halogens is 2. The highest BCUT2D eigenvalue weighted by molar-refractivity contribution is 7.99. The van der Waals surface area contributed by atoms with Gasteiger partial charge in [0.05, 0.1) is 5.54 Å². The van der Waals surface area contributed by atoms with E-state index in [1.165, 1.54) is 0 Å². The molecule has 1 aliphatic rings. The largest absolute Gasteiger partial charge is 0.348 e. The smallest absolute Gasteiger partial charge is 0.224 e. The summed E-state index contributed by atoms with van der Waals surface area (Å²) in [5.41, 5.74) is -0.423. The van der Waals surface area contributed by atoms with Crippen LogP contribution in [-0.4, -0.2) is 34.7 Å². The van der Waals surface area contributed by atoms with Gasteiger partial charge in [-0.2, -0.15) is 11.8 Å². The number of hydrogen-bond donors (Lipinski definition) is 1. The highest BCUT2D eigenvalue weighted by Crippen LogP contribution is 2.25. The van der Waals surface area contributed by atoms with E-state index in [4.69, 9.17) is 23.2 Å². The zero-order valence-electron chi connectivity index (χ0n) is 8.89. The first-order valence-electron chi connectivity index (χ1n) is 5.19. The van der Waals surface area contributed by atoms with E-state index in [0.717, 1.165) is 24.3 Å². The van der Waals surface area contributed by atoms with Crippen LogP contribution in [0, 0.1) is 5.92 Å². The van der Waals surface area contributed by atoms with Crippen molar-refractivity contribution in [3.63, 3.8) is 0 Å². The molecule has 1 heterocycles. The van der Waals surface area contributed by atoms with Gasteiger partial charge in [-0.3, -0.25) is 4.79 Å². The van der Waals surface area contributed by atoms with Gasteiger partial charge >= 0.3 is 0 Å². The summed E-state index contributed by atoms with van der Waals surface area (Å²) in [6.07, 6.45) is 1.74. The van der Waals surface area contributed by atoms with Crippen LogP contribution in [-0.2, 0) is 4.79 Å². The third-order valence-electron chi connectivity index (χ3n) is 2.88. The Balaban J connectivity index is 2.53. The number of alkyl halides is 2. The molecular formula is C10H17Cl2NOS. The third-order valence-corrected chi connectivity index (χ3v) is 5.06. The Labute approximate surface area is 105 Å². The predicted molar refractivity (Wildman–Crippen MR) is 68.0 cm³/mol. The Bertz CT molecular complexity index is 207. The summed E-state index contributed by atoms with van der Waals surface area (Å²) in [5, 5.41) is 3.01. The van der Waals surface area contributed by atoms with Gasteiger partial charge in [-0.25, -0.2) is 0 Å². The molecule has 0 aliphatic carbocycles. The van der Waals surface area contributed by atoms with E-state index in [1.807, 2.05) is 18.7 Å². The molecule has 0 aromatic heterocycles. The first-order valence-corrected chi connectivity index (χ1v) is 7.41. The lowest BCUT2D eigenvalue weighted by molar-refractivity contribution is -0.125. The predicted octanol–water partition coefficient (Wildman–Crippen LogP) is 2.48. The third kappa shape index (κ3) is 3.43. The first kappa shape index (κ1) is 13.5. The molecule has 0 saturated carbocycles. The zero-order chi connectivity index (χ0) is 11.3. The average molecular weight is 270 g/mol. The van der Waals surface area contributed by atoms with Crippen molar-refractivity contribution in [3.05, 3.63) is 0 Å². The van der Waals surface area contributed by atoms with Gasteiger partial charge in [0.1, 0.15) is 0 Å². The fourth-order valence-corrected chi connectivity index (χ4v) is 3.50. The number of thioether (sulfide) groups is 1. The molecule has 15 heavy (non-hydrogen) atoms. The topological polar surface area (TPSA) is 29.1 Å². The van der Waals surface area contributed by atoms with Crippen LogP contribution in [0.2, 0.25) is 0 Å². The normalized spacial score (nSPS) is 21.7. The van der Waals surface area contributed by atoms with Gasteiger partial charge in [0.15, 0.2) is 0 Å². The van der Waals surface area contributed by atoms with Gasteiger partial charge in [0.2, 0.25) is 5.91 Å². The first-order chi connectivity index (χ1) is 7.17. The maximum absolute atomic E-state index is 11.9. The Kier molecular flexibility index (Phi) is 5.58. The van der Waals surface area contributed by atoms with Crippen LogP contribution in [0.3, 0.4) is 0 Å². The van der Waals surface area contributed by atoms with Crippen LogP contribution in [0.1, 0.15) is 19.8 Å². The zero-order valence-corrected chi connectivity index (χ0v) is 11.2. The number of amides is 1. The molecule has 2 nitrogen and oxygen atoms in total. The highest BCUT2D eigenvalue weighted by Gasteiger charge is 2.32. The summed E-state index contributed by atoms with van der Waals surface area (Å²) in [5.74, 6) is 3.02. The highest BCUT2D eigenvalue weighted by atomic mass is 35.5. The number of hydrogen-bond acceptors (Lipinski definition) is 2. The van der Waals surface area contributed by atoms with E-state index in [9.17, 15) is 4.79 Å². The number of rotatable bonds is 5.